The summed E-state index contributed by atoms with van der Waals surface area (Å²) < 4.78 is 0. The summed E-state index contributed by atoms with van der Waals surface area (Å²) in [7, 11) is 0. The first-order chi connectivity index (χ1) is 5.22. The minimum atomic E-state index is -1.18. The van der Waals surface area contributed by atoms with E-state index in [0.717, 1.165) is 0 Å². The molecule has 1 atom stereocenters. The molecule has 11 heavy (non-hydrogen) atoms. The van der Waals surface area contributed by atoms with Crippen LogP contribution in [-0.2, 0) is 4.79 Å². The normalized spacial score (nSPS) is 11.5. The predicted molar refractivity (Wildman–Crippen MR) is 39.9 cm³/mol. The monoisotopic (exact) mass is 155 g/mol. The molecule has 0 aliphatic carbocycles. The number of carboxylic acid groups (broad SMARTS) is 1. The number of terminal acetylenes is 1. The molecule has 0 amide bonds. The van der Waals surface area contributed by atoms with Gasteiger partial charge in [0.05, 0.1) is 0 Å². The highest BCUT2D eigenvalue weighted by molar-refractivity contribution is 5.73. The van der Waals surface area contributed by atoms with Crippen LogP contribution in [0.3, 0.4) is 0 Å². The largest absolute Gasteiger partial charge is 0.480 e. The van der Waals surface area contributed by atoms with E-state index in [9.17, 15) is 9.70 Å². The molecule has 0 aromatic rings. The van der Waals surface area contributed by atoms with Crippen LogP contribution in [0.25, 0.3) is 0 Å². The van der Waals surface area contributed by atoms with Gasteiger partial charge in [-0.05, 0) is 12.8 Å². The Morgan fingerprint density at radius 2 is 2.36 bits per heavy atom. The van der Waals surface area contributed by atoms with Gasteiger partial charge in [-0.15, -0.1) is 17.3 Å². The van der Waals surface area contributed by atoms with E-state index in [1.807, 2.05) is 0 Å². The molecule has 0 aliphatic rings. The van der Waals surface area contributed by atoms with Crippen LogP contribution < -0.4 is 0 Å². The molecular weight excluding hydrogens is 146 g/mol. The second kappa shape index (κ2) is 5.42. The summed E-state index contributed by atoms with van der Waals surface area (Å²) in [5.74, 6) is 1.17. The summed E-state index contributed by atoms with van der Waals surface area (Å²) >= 11 is 0. The first kappa shape index (κ1) is 9.63. The zero-order chi connectivity index (χ0) is 8.69. The maximum absolute atomic E-state index is 10.2. The highest BCUT2D eigenvalue weighted by Crippen LogP contribution is 2.03. The van der Waals surface area contributed by atoms with E-state index < -0.39 is 12.0 Å². The minimum absolute atomic E-state index is 0.225. The molecule has 0 fully saturated rings. The third-order valence-corrected chi connectivity index (χ3v) is 1.21. The number of nitrogens with zero attached hydrogens (tertiary/aromatic N) is 1. The van der Waals surface area contributed by atoms with Gasteiger partial charge >= 0.3 is 5.97 Å². The fraction of sp³-hybridized carbons (Fsp3) is 0.571. The number of hydrogen-bond donors (Lipinski definition) is 1. The van der Waals surface area contributed by atoms with Gasteiger partial charge in [-0.1, -0.05) is 5.18 Å². The molecule has 0 aliphatic heterocycles. The molecule has 0 heterocycles. The summed E-state index contributed by atoms with van der Waals surface area (Å²) in [5, 5.41) is 10.8. The van der Waals surface area contributed by atoms with Crippen LogP contribution in [0.15, 0.2) is 5.18 Å². The van der Waals surface area contributed by atoms with Crippen molar-refractivity contribution in [1.82, 2.24) is 0 Å². The van der Waals surface area contributed by atoms with E-state index in [2.05, 4.69) is 11.1 Å². The number of carboxylic acids is 1. The molecule has 4 nitrogen and oxygen atoms in total. The Morgan fingerprint density at radius 1 is 1.73 bits per heavy atom. The van der Waals surface area contributed by atoms with Gasteiger partial charge in [-0.2, -0.15) is 0 Å². The van der Waals surface area contributed by atoms with Crippen LogP contribution in [0.2, 0.25) is 0 Å². The van der Waals surface area contributed by atoms with Crippen LogP contribution in [0.4, 0.5) is 0 Å². The number of nitroso groups, excluding NO2 is 1. The molecule has 0 spiro atoms. The number of aliphatic carboxylic acids is 1. The molecule has 1 N–H and O–H groups in total. The van der Waals surface area contributed by atoms with Crippen LogP contribution in [0.1, 0.15) is 19.3 Å². The maximum Gasteiger partial charge on any atom is 0.332 e. The Balaban J connectivity index is 3.63. The Hall–Kier alpha value is -1.37. The fourth-order valence-electron chi connectivity index (χ4n) is 0.619. The van der Waals surface area contributed by atoms with E-state index in [4.69, 9.17) is 11.5 Å². The maximum atomic E-state index is 10.2. The van der Waals surface area contributed by atoms with E-state index in [1.165, 1.54) is 0 Å². The summed E-state index contributed by atoms with van der Waals surface area (Å²) in [6, 6.07) is -1.14. The molecule has 4 heteroatoms. The lowest BCUT2D eigenvalue weighted by atomic mass is 10.1. The Bertz CT molecular complexity index is 183. The van der Waals surface area contributed by atoms with Crippen molar-refractivity contribution >= 4 is 5.97 Å². The third-order valence-electron chi connectivity index (χ3n) is 1.21. The van der Waals surface area contributed by atoms with E-state index in [0.29, 0.717) is 12.8 Å². The molecule has 0 radical (unpaired) electrons. The highest BCUT2D eigenvalue weighted by atomic mass is 16.4. The van der Waals surface area contributed by atoms with Gasteiger partial charge < -0.3 is 5.11 Å². The van der Waals surface area contributed by atoms with Crippen molar-refractivity contribution < 1.29 is 9.90 Å². The van der Waals surface area contributed by atoms with Gasteiger partial charge in [0.25, 0.3) is 0 Å². The first-order valence-electron chi connectivity index (χ1n) is 3.21. The van der Waals surface area contributed by atoms with Gasteiger partial charge in [0.2, 0.25) is 0 Å². The van der Waals surface area contributed by atoms with Crippen molar-refractivity contribution in [1.29, 1.82) is 0 Å². The quantitative estimate of drug-likeness (QED) is 0.366. The van der Waals surface area contributed by atoms with E-state index in [-0.39, 0.29) is 6.42 Å². The van der Waals surface area contributed by atoms with Gasteiger partial charge in [0.15, 0.2) is 6.04 Å². The standard InChI is InChI=1S/C7H9NO3/c1-2-3-4-5-6(8-11)7(9)10/h1,6H,3-5H2,(H,9,10). The molecular formula is C7H9NO3. The van der Waals surface area contributed by atoms with Crippen molar-refractivity contribution in [2.45, 2.75) is 25.3 Å². The highest BCUT2D eigenvalue weighted by Gasteiger charge is 2.16. The van der Waals surface area contributed by atoms with Gasteiger partial charge in [-0.25, -0.2) is 4.79 Å². The number of hydrogen-bond acceptors (Lipinski definition) is 3. The number of unbranched alkanes of at least 4 members (excludes halogenated alkanes) is 1. The SMILES string of the molecule is C#CCCCC(N=O)C(=O)O. The lowest BCUT2D eigenvalue weighted by Gasteiger charge is -1.99. The molecule has 0 saturated heterocycles. The summed E-state index contributed by atoms with van der Waals surface area (Å²) in [6.45, 7) is 0. The lowest BCUT2D eigenvalue weighted by molar-refractivity contribution is -0.138. The predicted octanol–water partition coefficient (Wildman–Crippen LogP) is 1.01. The first-order valence-corrected chi connectivity index (χ1v) is 3.21. The Labute approximate surface area is 64.6 Å². The van der Waals surface area contributed by atoms with Crippen molar-refractivity contribution in [3.05, 3.63) is 4.91 Å². The lowest BCUT2D eigenvalue weighted by Crippen LogP contribution is -2.16. The van der Waals surface area contributed by atoms with Gasteiger partial charge in [0, 0.05) is 6.42 Å². The minimum Gasteiger partial charge on any atom is -0.480 e. The molecule has 1 unspecified atom stereocenters. The molecule has 0 saturated carbocycles. The molecule has 0 bridgehead atoms. The van der Waals surface area contributed by atoms with Crippen molar-refractivity contribution in [2.24, 2.45) is 5.18 Å². The summed E-state index contributed by atoms with van der Waals surface area (Å²) in [6.07, 6.45) is 6.16. The number of carbonyl (C=O) groups is 1. The van der Waals surface area contributed by atoms with Crippen molar-refractivity contribution in [3.63, 3.8) is 0 Å². The fourth-order valence-corrected chi connectivity index (χ4v) is 0.619. The molecule has 0 aromatic carbocycles. The Morgan fingerprint density at radius 3 is 2.73 bits per heavy atom. The molecule has 0 aromatic heterocycles. The van der Waals surface area contributed by atoms with Crippen LogP contribution in [0, 0.1) is 17.3 Å². The van der Waals surface area contributed by atoms with Crippen molar-refractivity contribution in [2.75, 3.05) is 0 Å². The third kappa shape index (κ3) is 4.09. The zero-order valence-corrected chi connectivity index (χ0v) is 5.99. The second-order valence-corrected chi connectivity index (χ2v) is 2.06. The van der Waals surface area contributed by atoms with Crippen LogP contribution >= 0.6 is 0 Å². The van der Waals surface area contributed by atoms with Gasteiger partial charge in [-0.3, -0.25) is 0 Å². The zero-order valence-electron chi connectivity index (χ0n) is 5.99. The average Bonchev–Trinajstić information content (AvgIpc) is 1.97. The van der Waals surface area contributed by atoms with Crippen LogP contribution in [-0.4, -0.2) is 17.1 Å². The van der Waals surface area contributed by atoms with Crippen LogP contribution in [0.5, 0.6) is 0 Å². The van der Waals surface area contributed by atoms with E-state index >= 15 is 0 Å². The number of rotatable bonds is 5. The topological polar surface area (TPSA) is 66.7 Å². The van der Waals surface area contributed by atoms with Gasteiger partial charge in [0.1, 0.15) is 0 Å². The molecule has 0 rings (SSSR count). The Kier molecular flexibility index (Phi) is 4.74. The van der Waals surface area contributed by atoms with Crippen molar-refractivity contribution in [3.8, 4) is 12.3 Å². The smallest absolute Gasteiger partial charge is 0.332 e. The summed E-state index contributed by atoms with van der Waals surface area (Å²) in [4.78, 5) is 20.0. The second-order valence-electron chi connectivity index (χ2n) is 2.06. The average molecular weight is 155 g/mol. The van der Waals surface area contributed by atoms with E-state index in [1.54, 1.807) is 0 Å². The summed E-state index contributed by atoms with van der Waals surface area (Å²) in [5.41, 5.74) is 0. The molecule has 60 valence electrons.